The molecule has 0 unspecified atom stereocenters. The molecule has 2 aromatic rings. The molecule has 2 saturated heterocycles. The summed E-state index contributed by atoms with van der Waals surface area (Å²) in [6.45, 7) is -1.000. The summed E-state index contributed by atoms with van der Waals surface area (Å²) in [6, 6.07) is 10.8. The highest BCUT2D eigenvalue weighted by Crippen LogP contribution is 2.47. The fourth-order valence-electron chi connectivity index (χ4n) is 4.04. The highest BCUT2D eigenvalue weighted by Gasteiger charge is 2.52. The average Bonchev–Trinajstić information content (AvgIpc) is 3.24. The van der Waals surface area contributed by atoms with Crippen LogP contribution in [0, 0.1) is 0 Å². The van der Waals surface area contributed by atoms with Crippen LogP contribution in [-0.2, 0) is 9.59 Å². The van der Waals surface area contributed by atoms with E-state index in [1.807, 2.05) is 6.92 Å². The number of carbonyl (C=O) groups excluding carboxylic acids is 2. The van der Waals surface area contributed by atoms with Crippen molar-refractivity contribution in [1.29, 1.82) is 0 Å². The third-order valence-corrected chi connectivity index (χ3v) is 7.12. The molecule has 164 valence electrons. The Hall–Kier alpha value is -2.81. The molecule has 2 aromatic carbocycles. The lowest BCUT2D eigenvalue weighted by atomic mass is 10.0. The summed E-state index contributed by atoms with van der Waals surface area (Å²) in [7, 11) is 1.54. The van der Waals surface area contributed by atoms with Gasteiger partial charge in [0.15, 0.2) is 0 Å². The summed E-state index contributed by atoms with van der Waals surface area (Å²) in [5.41, 5.74) is 1.47. The average molecular weight is 448 g/mol. The number of thioether (sulfide) groups is 1. The number of ether oxygens (including phenoxy) is 2. The molecule has 4 rings (SSSR count). The van der Waals surface area contributed by atoms with Crippen LogP contribution in [0.2, 0.25) is 0 Å². The minimum Gasteiger partial charge on any atom is -0.497 e. The molecule has 0 spiro atoms. The van der Waals surface area contributed by atoms with Crippen molar-refractivity contribution in [2.75, 3.05) is 18.2 Å². The largest absolute Gasteiger partial charge is 0.497 e. The van der Waals surface area contributed by atoms with Crippen molar-refractivity contribution in [3.63, 3.8) is 0 Å². The van der Waals surface area contributed by atoms with Crippen LogP contribution in [0.4, 0.5) is 14.5 Å². The van der Waals surface area contributed by atoms with Gasteiger partial charge in [-0.15, -0.1) is 11.8 Å². The van der Waals surface area contributed by atoms with Crippen LogP contribution in [0.25, 0.3) is 11.1 Å². The topological polar surface area (TPSA) is 67.9 Å². The van der Waals surface area contributed by atoms with E-state index in [9.17, 15) is 18.4 Å². The van der Waals surface area contributed by atoms with Gasteiger partial charge in [-0.1, -0.05) is 12.1 Å². The van der Waals surface area contributed by atoms with Crippen molar-refractivity contribution >= 4 is 29.3 Å². The minimum absolute atomic E-state index is 0.00289. The third kappa shape index (κ3) is 4.19. The Morgan fingerprint density at radius 3 is 2.68 bits per heavy atom. The second kappa shape index (κ2) is 8.37. The summed E-state index contributed by atoms with van der Waals surface area (Å²) in [5, 5.41) is 2.83. The Balaban J connectivity index is 1.60. The number of hydrogen-bond donors (Lipinski definition) is 1. The van der Waals surface area contributed by atoms with Crippen molar-refractivity contribution in [3.05, 3.63) is 42.5 Å². The maximum absolute atomic E-state index is 13.0. The number of alkyl halides is 2. The maximum atomic E-state index is 13.0. The quantitative estimate of drug-likeness (QED) is 0.712. The Labute approximate surface area is 182 Å². The Morgan fingerprint density at radius 2 is 2.00 bits per heavy atom. The van der Waals surface area contributed by atoms with E-state index in [0.717, 1.165) is 6.42 Å². The second-order valence-corrected chi connectivity index (χ2v) is 9.07. The Kier molecular flexibility index (Phi) is 5.79. The van der Waals surface area contributed by atoms with Crippen molar-refractivity contribution in [3.8, 4) is 22.6 Å². The van der Waals surface area contributed by atoms with Crippen LogP contribution in [0.5, 0.6) is 11.5 Å². The van der Waals surface area contributed by atoms with Crippen molar-refractivity contribution in [2.24, 2.45) is 0 Å². The first-order valence-electron chi connectivity index (χ1n) is 9.81. The van der Waals surface area contributed by atoms with E-state index in [4.69, 9.17) is 4.74 Å². The van der Waals surface area contributed by atoms with Crippen LogP contribution in [0.1, 0.15) is 19.8 Å². The molecular formula is C22H22F2N2O4S. The number of hydrogen-bond acceptors (Lipinski definition) is 5. The smallest absolute Gasteiger partial charge is 0.387 e. The number of benzene rings is 2. The summed E-state index contributed by atoms with van der Waals surface area (Å²) in [4.78, 5) is 26.6. The molecule has 2 atom stereocenters. The molecule has 6 nitrogen and oxygen atoms in total. The fraction of sp³-hybridized carbons (Fsp3) is 0.364. The number of halogens is 2. The van der Waals surface area contributed by atoms with Gasteiger partial charge in [0.1, 0.15) is 17.5 Å². The lowest BCUT2D eigenvalue weighted by Gasteiger charge is -2.29. The molecule has 2 amide bonds. The minimum atomic E-state index is -2.98. The van der Waals surface area contributed by atoms with Crippen molar-refractivity contribution < 1.29 is 27.8 Å². The van der Waals surface area contributed by atoms with Crippen LogP contribution >= 0.6 is 11.8 Å². The Morgan fingerprint density at radius 1 is 1.26 bits per heavy atom. The number of nitrogens with one attached hydrogen (secondary N) is 1. The normalized spacial score (nSPS) is 22.5. The number of nitrogens with zero attached hydrogens (tertiary/aromatic N) is 1. The van der Waals surface area contributed by atoms with Gasteiger partial charge in [0, 0.05) is 23.4 Å². The van der Waals surface area contributed by atoms with Crippen LogP contribution in [0.3, 0.4) is 0 Å². The predicted molar refractivity (Wildman–Crippen MR) is 114 cm³/mol. The first-order chi connectivity index (χ1) is 14.8. The number of amides is 2. The van der Waals surface area contributed by atoms with Gasteiger partial charge in [0.25, 0.3) is 0 Å². The molecule has 0 radical (unpaired) electrons. The maximum Gasteiger partial charge on any atom is 0.387 e. The Bertz CT molecular complexity index is 1000. The molecule has 2 aliphatic heterocycles. The molecule has 2 aliphatic rings. The second-order valence-electron chi connectivity index (χ2n) is 7.57. The van der Waals surface area contributed by atoms with Gasteiger partial charge in [0.2, 0.25) is 11.8 Å². The van der Waals surface area contributed by atoms with Gasteiger partial charge < -0.3 is 19.7 Å². The molecule has 0 aliphatic carbocycles. The lowest BCUT2D eigenvalue weighted by Crippen LogP contribution is -2.48. The lowest BCUT2D eigenvalue weighted by molar-refractivity contribution is -0.135. The van der Waals surface area contributed by atoms with Gasteiger partial charge in [-0.05, 0) is 49.2 Å². The van der Waals surface area contributed by atoms with Crippen molar-refractivity contribution in [2.45, 2.75) is 37.3 Å². The van der Waals surface area contributed by atoms with E-state index in [0.29, 0.717) is 34.7 Å². The number of carbonyl (C=O) groups is 2. The summed E-state index contributed by atoms with van der Waals surface area (Å²) in [6.07, 6.45) is 1.16. The molecule has 0 saturated carbocycles. The number of rotatable bonds is 6. The monoisotopic (exact) mass is 448 g/mol. The zero-order valence-electron chi connectivity index (χ0n) is 17.1. The summed E-state index contributed by atoms with van der Waals surface area (Å²) < 4.78 is 35.6. The molecule has 0 aromatic heterocycles. The van der Waals surface area contributed by atoms with E-state index < -0.39 is 12.7 Å². The highest BCUT2D eigenvalue weighted by molar-refractivity contribution is 8.01. The number of methoxy groups -OCH3 is 1. The van der Waals surface area contributed by atoms with E-state index in [-0.39, 0.29) is 22.4 Å². The standard InChI is InChI=1S/C22H22F2N2O4S/c1-22-10-9-19(27)26(22)17(12-31-22)20(28)25-14-5-8-18(30-21(23)24)16(11-14)13-3-6-15(29-2)7-4-13/h3-8,11,17,21H,9-10,12H2,1-2H3,(H,25,28)/t17-,22+/m1/s1. The molecule has 1 N–H and O–H groups in total. The van der Waals surface area contributed by atoms with Crippen molar-refractivity contribution in [1.82, 2.24) is 4.90 Å². The predicted octanol–water partition coefficient (Wildman–Crippen LogP) is 4.36. The molecule has 0 bridgehead atoms. The molecule has 31 heavy (non-hydrogen) atoms. The van der Waals surface area contributed by atoms with Crippen LogP contribution in [-0.4, -0.2) is 47.1 Å². The van der Waals surface area contributed by atoms with Gasteiger partial charge in [0.05, 0.1) is 12.0 Å². The molecule has 2 heterocycles. The number of anilines is 1. The molecule has 9 heteroatoms. The molecular weight excluding hydrogens is 426 g/mol. The van der Waals surface area contributed by atoms with Crippen LogP contribution < -0.4 is 14.8 Å². The first-order valence-corrected chi connectivity index (χ1v) is 10.8. The van der Waals surface area contributed by atoms with Gasteiger partial charge in [-0.25, -0.2) is 0 Å². The fourth-order valence-corrected chi connectivity index (χ4v) is 5.47. The van der Waals surface area contributed by atoms with E-state index in [1.54, 1.807) is 47.0 Å². The summed E-state index contributed by atoms with van der Waals surface area (Å²) >= 11 is 1.61. The van der Waals surface area contributed by atoms with E-state index in [2.05, 4.69) is 10.1 Å². The number of fused-ring (bicyclic) bond motifs is 1. The highest BCUT2D eigenvalue weighted by atomic mass is 32.2. The van der Waals surface area contributed by atoms with E-state index >= 15 is 0 Å². The van der Waals surface area contributed by atoms with Gasteiger partial charge in [-0.3, -0.25) is 9.59 Å². The third-order valence-electron chi connectivity index (χ3n) is 5.61. The molecule has 2 fully saturated rings. The van der Waals surface area contributed by atoms with Gasteiger partial charge in [-0.2, -0.15) is 8.78 Å². The van der Waals surface area contributed by atoms with Gasteiger partial charge >= 0.3 is 6.61 Å². The van der Waals surface area contributed by atoms with E-state index in [1.165, 1.54) is 19.2 Å². The zero-order valence-corrected chi connectivity index (χ0v) is 17.9. The summed E-state index contributed by atoms with van der Waals surface area (Å²) in [5.74, 6) is 0.826. The zero-order chi connectivity index (χ0) is 22.2. The SMILES string of the molecule is COc1ccc(-c2cc(NC(=O)[C@H]3CS[C@@]4(C)CCC(=O)N34)ccc2OC(F)F)cc1. The first kappa shape index (κ1) is 21.4. The van der Waals surface area contributed by atoms with Crippen LogP contribution in [0.15, 0.2) is 42.5 Å².